The Morgan fingerprint density at radius 2 is 1.12 bits per heavy atom. The Morgan fingerprint density at radius 3 is 1.69 bits per heavy atom. The number of hydrogen-bond donors (Lipinski definition) is 3. The lowest BCUT2D eigenvalue weighted by Gasteiger charge is -2.20. The third-order valence-corrected chi connectivity index (χ3v) is 8.54. The number of aliphatic hydroxyl groups is 2. The first-order valence-corrected chi connectivity index (χ1v) is 20.1. The zero-order valence-electron chi connectivity index (χ0n) is 30.4. The van der Waals surface area contributed by atoms with Gasteiger partial charge in [0.25, 0.3) is 0 Å². The maximum atomic E-state index is 12.5. The number of esters is 2. The highest BCUT2D eigenvalue weighted by molar-refractivity contribution is 7.47. The van der Waals surface area contributed by atoms with Gasteiger partial charge in [0.1, 0.15) is 12.7 Å². The fourth-order valence-corrected chi connectivity index (χ4v) is 5.50. The molecule has 1 unspecified atom stereocenters. The fraction of sp³-hybridized carbons (Fsp3) is 0.737. The van der Waals surface area contributed by atoms with Gasteiger partial charge in [-0.1, -0.05) is 146 Å². The van der Waals surface area contributed by atoms with E-state index < -0.39 is 51.8 Å². The van der Waals surface area contributed by atoms with Crippen molar-refractivity contribution in [3.8, 4) is 0 Å². The zero-order valence-corrected chi connectivity index (χ0v) is 31.3. The molecular weight excluding hydrogens is 647 g/mol. The topological polar surface area (TPSA) is 149 Å². The number of allylic oxidation sites excluding steroid dienone is 8. The van der Waals surface area contributed by atoms with Gasteiger partial charge in [-0.15, -0.1) is 0 Å². The Bertz CT molecular complexity index is 962. The number of unbranched alkanes of at least 4 members (excludes halogenated alkanes) is 15. The molecule has 11 heteroatoms. The van der Waals surface area contributed by atoms with Gasteiger partial charge in [-0.25, -0.2) is 4.57 Å². The van der Waals surface area contributed by atoms with Gasteiger partial charge in [-0.05, 0) is 32.1 Å². The van der Waals surface area contributed by atoms with Crippen molar-refractivity contribution in [2.24, 2.45) is 0 Å². The molecule has 0 aliphatic heterocycles. The molecule has 49 heavy (non-hydrogen) atoms. The van der Waals surface area contributed by atoms with Gasteiger partial charge in [-0.3, -0.25) is 18.6 Å². The highest BCUT2D eigenvalue weighted by Crippen LogP contribution is 2.43. The molecule has 284 valence electrons. The second kappa shape index (κ2) is 34.4. The van der Waals surface area contributed by atoms with E-state index in [1.54, 1.807) is 0 Å². The Labute approximate surface area is 296 Å². The minimum Gasteiger partial charge on any atom is -0.462 e. The van der Waals surface area contributed by atoms with Crippen molar-refractivity contribution in [3.63, 3.8) is 0 Å². The molecule has 0 bridgehead atoms. The van der Waals surface area contributed by atoms with Crippen LogP contribution in [0.25, 0.3) is 0 Å². The smallest absolute Gasteiger partial charge is 0.462 e. The zero-order chi connectivity index (χ0) is 36.3. The van der Waals surface area contributed by atoms with Gasteiger partial charge < -0.3 is 24.6 Å². The lowest BCUT2D eigenvalue weighted by atomic mass is 10.1. The van der Waals surface area contributed by atoms with Crippen LogP contribution >= 0.6 is 7.82 Å². The molecule has 0 amide bonds. The van der Waals surface area contributed by atoms with Crippen molar-refractivity contribution in [1.82, 2.24) is 0 Å². The molecule has 0 aromatic heterocycles. The lowest BCUT2D eigenvalue weighted by Crippen LogP contribution is -2.29. The van der Waals surface area contributed by atoms with E-state index in [1.165, 1.54) is 44.9 Å². The molecule has 0 heterocycles. The summed E-state index contributed by atoms with van der Waals surface area (Å²) in [5.74, 6) is -0.956. The second-order valence-corrected chi connectivity index (χ2v) is 13.8. The van der Waals surface area contributed by atoms with Crippen LogP contribution in [0.15, 0.2) is 48.6 Å². The minimum atomic E-state index is -4.61. The Morgan fingerprint density at radius 1 is 0.633 bits per heavy atom. The van der Waals surface area contributed by atoms with Crippen molar-refractivity contribution in [2.45, 2.75) is 154 Å². The van der Waals surface area contributed by atoms with Crippen LogP contribution in [0.3, 0.4) is 0 Å². The summed E-state index contributed by atoms with van der Waals surface area (Å²) in [5, 5.41) is 18.2. The van der Waals surface area contributed by atoms with Gasteiger partial charge >= 0.3 is 19.8 Å². The van der Waals surface area contributed by atoms with E-state index in [-0.39, 0.29) is 19.4 Å². The molecule has 0 saturated carbocycles. The van der Waals surface area contributed by atoms with Crippen LogP contribution in [0, 0.1) is 0 Å². The van der Waals surface area contributed by atoms with Crippen LogP contribution in [0.4, 0.5) is 0 Å². The van der Waals surface area contributed by atoms with E-state index >= 15 is 0 Å². The molecule has 3 atom stereocenters. The first-order chi connectivity index (χ1) is 23.7. The van der Waals surface area contributed by atoms with Crippen LogP contribution in [-0.4, -0.2) is 65.7 Å². The highest BCUT2D eigenvalue weighted by atomic mass is 31.2. The molecule has 0 saturated heterocycles. The number of phosphoric ester groups is 1. The van der Waals surface area contributed by atoms with Gasteiger partial charge in [0.05, 0.1) is 19.8 Å². The molecule has 0 aliphatic carbocycles. The van der Waals surface area contributed by atoms with Gasteiger partial charge in [0, 0.05) is 12.8 Å². The van der Waals surface area contributed by atoms with E-state index in [2.05, 4.69) is 30.5 Å². The average molecular weight is 715 g/mol. The van der Waals surface area contributed by atoms with Crippen molar-refractivity contribution >= 4 is 19.8 Å². The number of ether oxygens (including phenoxy) is 2. The van der Waals surface area contributed by atoms with Crippen LogP contribution < -0.4 is 0 Å². The summed E-state index contributed by atoms with van der Waals surface area (Å²) in [5.41, 5.74) is 0. The standard InChI is InChI=1S/C38H67O10P/c1-3-5-7-9-11-13-15-16-17-18-20-21-23-25-27-29-37(41)45-33-36(34-47-49(43,44)46-32-35(40)31-39)48-38(42)30-28-26-24-22-19-14-12-10-8-6-4-2/h5,7,9,11,13,15-17,35-36,39-40H,3-4,6,8,10,12,14,18-34H2,1-2H3,(H,43,44)/b7-5+,11-9+,15-13+,17-16+/t35-,36+/m0/s1. The summed E-state index contributed by atoms with van der Waals surface area (Å²) >= 11 is 0. The molecule has 0 spiro atoms. The number of phosphoric acid groups is 1. The summed E-state index contributed by atoms with van der Waals surface area (Å²) in [6.45, 7) is 2.18. The Kier molecular flexibility index (Phi) is 32.9. The molecule has 0 aromatic rings. The van der Waals surface area contributed by atoms with Crippen LogP contribution in [0.2, 0.25) is 0 Å². The number of aliphatic hydroxyl groups excluding tert-OH is 2. The molecular formula is C38H67O10P. The number of carbonyl (C=O) groups is 2. The summed E-state index contributed by atoms with van der Waals surface area (Å²) in [6, 6.07) is 0. The molecule has 3 N–H and O–H groups in total. The van der Waals surface area contributed by atoms with Gasteiger partial charge in [0.15, 0.2) is 6.10 Å². The SMILES string of the molecule is CC/C=C/C=C/C=C/C=C/CCCCCCCC(=O)OC[C@H](COP(=O)(O)OC[C@@H](O)CO)OC(=O)CCCCCCCCCCCCC. The summed E-state index contributed by atoms with van der Waals surface area (Å²) < 4.78 is 32.5. The van der Waals surface area contributed by atoms with Crippen molar-refractivity contribution in [1.29, 1.82) is 0 Å². The fourth-order valence-electron chi connectivity index (χ4n) is 4.71. The summed E-state index contributed by atoms with van der Waals surface area (Å²) in [4.78, 5) is 34.8. The summed E-state index contributed by atoms with van der Waals surface area (Å²) in [6.07, 6.45) is 33.7. The average Bonchev–Trinajstić information content (AvgIpc) is 3.09. The van der Waals surface area contributed by atoms with Crippen LogP contribution in [0.1, 0.15) is 142 Å². The minimum absolute atomic E-state index is 0.179. The maximum Gasteiger partial charge on any atom is 0.472 e. The third kappa shape index (κ3) is 34.2. The van der Waals surface area contributed by atoms with E-state index in [9.17, 15) is 24.2 Å². The van der Waals surface area contributed by atoms with Crippen molar-refractivity contribution in [3.05, 3.63) is 48.6 Å². The van der Waals surface area contributed by atoms with Crippen molar-refractivity contribution in [2.75, 3.05) is 26.4 Å². The third-order valence-electron chi connectivity index (χ3n) is 7.59. The Hall–Kier alpha value is -2.07. The molecule has 0 aliphatic rings. The lowest BCUT2D eigenvalue weighted by molar-refractivity contribution is -0.161. The molecule has 0 radical (unpaired) electrons. The quantitative estimate of drug-likeness (QED) is 0.0255. The largest absolute Gasteiger partial charge is 0.472 e. The van der Waals surface area contributed by atoms with Crippen molar-refractivity contribution < 1.29 is 47.8 Å². The normalized spacial score (nSPS) is 14.6. The maximum absolute atomic E-state index is 12.5. The van der Waals surface area contributed by atoms with Crippen LogP contribution in [0.5, 0.6) is 0 Å². The Balaban J connectivity index is 4.42. The second-order valence-electron chi connectivity index (χ2n) is 12.3. The number of carbonyl (C=O) groups excluding carboxylic acids is 2. The predicted molar refractivity (Wildman–Crippen MR) is 196 cm³/mol. The summed E-state index contributed by atoms with van der Waals surface area (Å²) in [7, 11) is -4.61. The van der Waals surface area contributed by atoms with Crippen LogP contribution in [-0.2, 0) is 32.7 Å². The predicted octanol–water partition coefficient (Wildman–Crippen LogP) is 8.99. The first kappa shape index (κ1) is 46.9. The highest BCUT2D eigenvalue weighted by Gasteiger charge is 2.27. The van der Waals surface area contributed by atoms with E-state index in [0.717, 1.165) is 57.8 Å². The number of rotatable bonds is 34. The van der Waals surface area contributed by atoms with Gasteiger partial charge in [0.2, 0.25) is 0 Å². The van der Waals surface area contributed by atoms with E-state index in [1.807, 2.05) is 36.5 Å². The first-order valence-electron chi connectivity index (χ1n) is 18.6. The molecule has 0 fully saturated rings. The van der Waals surface area contributed by atoms with E-state index in [0.29, 0.717) is 12.8 Å². The molecule has 0 rings (SSSR count). The molecule has 0 aromatic carbocycles. The van der Waals surface area contributed by atoms with Gasteiger partial charge in [-0.2, -0.15) is 0 Å². The van der Waals surface area contributed by atoms with E-state index in [4.69, 9.17) is 19.1 Å². The number of hydrogen-bond acceptors (Lipinski definition) is 9. The molecule has 10 nitrogen and oxygen atoms in total. The monoisotopic (exact) mass is 714 g/mol.